The monoisotopic (exact) mass is 171 g/mol. The summed E-state index contributed by atoms with van der Waals surface area (Å²) in [5, 5.41) is 18.3. The molecule has 0 aromatic heterocycles. The highest BCUT2D eigenvalue weighted by Gasteiger charge is 2.53. The van der Waals surface area contributed by atoms with Crippen LogP contribution in [0.5, 0.6) is 0 Å². The van der Waals surface area contributed by atoms with Gasteiger partial charge in [0.05, 0.1) is 5.97 Å². The van der Waals surface area contributed by atoms with E-state index in [0.717, 1.165) is 6.92 Å². The molecule has 66 valence electrons. The van der Waals surface area contributed by atoms with E-state index >= 15 is 0 Å². The number of hydrogen-bond acceptors (Lipinski definition) is 3. The van der Waals surface area contributed by atoms with Crippen molar-refractivity contribution in [3.05, 3.63) is 0 Å². The molecule has 0 aliphatic carbocycles. The predicted molar refractivity (Wildman–Crippen MR) is 26.3 cm³/mol. The summed E-state index contributed by atoms with van der Waals surface area (Å²) >= 11 is 0. The fourth-order valence-corrected chi connectivity index (χ4v) is 0.461. The molecule has 0 aromatic carbocycles. The van der Waals surface area contributed by atoms with E-state index in [4.69, 9.17) is 5.11 Å². The quantitative estimate of drug-likeness (QED) is 0.605. The molecule has 0 heterocycles. The molecule has 1 atom stereocenters. The highest BCUT2D eigenvalue weighted by atomic mass is 19.4. The van der Waals surface area contributed by atoms with E-state index in [1.165, 1.54) is 0 Å². The van der Waals surface area contributed by atoms with Gasteiger partial charge in [-0.25, -0.2) is 0 Å². The van der Waals surface area contributed by atoms with E-state index in [9.17, 15) is 23.1 Å². The first-order valence-corrected chi connectivity index (χ1v) is 2.76. The second-order valence-electron chi connectivity index (χ2n) is 2.00. The zero-order chi connectivity index (χ0) is 9.28. The average molecular weight is 171 g/mol. The number of carbonyl (C=O) groups is 1. The van der Waals surface area contributed by atoms with Crippen LogP contribution in [0.15, 0.2) is 0 Å². The molecule has 0 spiro atoms. The Hall–Kier alpha value is -0.780. The Morgan fingerprint density at radius 2 is 1.91 bits per heavy atom. The number of aliphatic carboxylic acids is 1. The lowest BCUT2D eigenvalue weighted by Gasteiger charge is -2.29. The molecule has 0 fully saturated rings. The second kappa shape index (κ2) is 2.69. The topological polar surface area (TPSA) is 60.4 Å². The van der Waals surface area contributed by atoms with Gasteiger partial charge in [-0.2, -0.15) is 13.2 Å². The fourth-order valence-electron chi connectivity index (χ4n) is 0.461. The van der Waals surface area contributed by atoms with E-state index in [1.807, 2.05) is 0 Å². The third-order valence-electron chi connectivity index (χ3n) is 1.32. The fraction of sp³-hybridized carbons (Fsp3) is 0.800. The maximum Gasteiger partial charge on any atom is 0.422 e. The molecular weight excluding hydrogens is 165 g/mol. The SMILES string of the molecule is CC[C@](O)(C(=O)[O-])C(F)(F)F. The number of carbonyl (C=O) groups excluding carboxylic acids is 1. The highest BCUT2D eigenvalue weighted by molar-refractivity contribution is 5.76. The highest BCUT2D eigenvalue weighted by Crippen LogP contribution is 2.32. The van der Waals surface area contributed by atoms with Gasteiger partial charge in [-0.1, -0.05) is 6.92 Å². The van der Waals surface area contributed by atoms with E-state index < -0.39 is 24.2 Å². The first kappa shape index (κ1) is 10.2. The molecule has 0 aliphatic heterocycles. The lowest BCUT2D eigenvalue weighted by atomic mass is 10.0. The number of rotatable bonds is 2. The van der Waals surface area contributed by atoms with Crippen LogP contribution in [0, 0.1) is 0 Å². The summed E-state index contributed by atoms with van der Waals surface area (Å²) < 4.78 is 35.1. The molecule has 0 unspecified atom stereocenters. The zero-order valence-corrected chi connectivity index (χ0v) is 5.60. The number of carboxylic acid groups (broad SMARTS) is 1. The number of aliphatic hydroxyl groups is 1. The van der Waals surface area contributed by atoms with E-state index in [1.54, 1.807) is 0 Å². The Balaban J connectivity index is 4.75. The van der Waals surface area contributed by atoms with Crippen LogP contribution >= 0.6 is 0 Å². The normalized spacial score (nSPS) is 17.5. The Morgan fingerprint density at radius 3 is 1.91 bits per heavy atom. The van der Waals surface area contributed by atoms with Crippen molar-refractivity contribution in [2.75, 3.05) is 0 Å². The second-order valence-corrected chi connectivity index (χ2v) is 2.00. The van der Waals surface area contributed by atoms with Crippen molar-refractivity contribution in [3.8, 4) is 0 Å². The standard InChI is InChI=1S/C5H7F3O3/c1-2-4(11,3(9)10)5(6,7)8/h11H,2H2,1H3,(H,9,10)/p-1/t4-/m0/s1. The van der Waals surface area contributed by atoms with E-state index in [-0.39, 0.29) is 0 Å². The molecule has 0 aromatic rings. The van der Waals surface area contributed by atoms with Crippen molar-refractivity contribution in [2.45, 2.75) is 25.1 Å². The number of halogens is 3. The molecule has 0 saturated carbocycles. The summed E-state index contributed by atoms with van der Waals surface area (Å²) in [7, 11) is 0. The van der Waals surface area contributed by atoms with Crippen molar-refractivity contribution in [1.29, 1.82) is 0 Å². The lowest BCUT2D eigenvalue weighted by molar-refractivity contribution is -0.354. The van der Waals surface area contributed by atoms with Crippen molar-refractivity contribution in [2.24, 2.45) is 0 Å². The van der Waals surface area contributed by atoms with Crippen molar-refractivity contribution in [1.82, 2.24) is 0 Å². The summed E-state index contributed by atoms with van der Waals surface area (Å²) in [6.07, 6.45) is -6.14. The maximum atomic E-state index is 11.7. The summed E-state index contributed by atoms with van der Waals surface area (Å²) in [5.41, 5.74) is -3.72. The minimum Gasteiger partial charge on any atom is -0.547 e. The van der Waals surface area contributed by atoms with E-state index in [2.05, 4.69) is 0 Å². The van der Waals surface area contributed by atoms with Gasteiger partial charge >= 0.3 is 6.18 Å². The van der Waals surface area contributed by atoms with Crippen molar-refractivity contribution >= 4 is 5.97 Å². The lowest BCUT2D eigenvalue weighted by Crippen LogP contribution is -2.57. The smallest absolute Gasteiger partial charge is 0.422 e. The number of hydrogen-bond donors (Lipinski definition) is 1. The molecule has 0 amide bonds. The van der Waals surface area contributed by atoms with Gasteiger partial charge in [0.15, 0.2) is 5.60 Å². The predicted octanol–water partition coefficient (Wildman–Crippen LogP) is -0.560. The molecule has 3 nitrogen and oxygen atoms in total. The average Bonchev–Trinajstić information content (AvgIpc) is 1.83. The number of carboxylic acids is 1. The first-order valence-electron chi connectivity index (χ1n) is 2.76. The summed E-state index contributed by atoms with van der Waals surface area (Å²) in [6, 6.07) is 0. The van der Waals surface area contributed by atoms with Gasteiger partial charge in [0, 0.05) is 0 Å². The van der Waals surface area contributed by atoms with E-state index in [0.29, 0.717) is 0 Å². The van der Waals surface area contributed by atoms with Crippen LogP contribution in [0.25, 0.3) is 0 Å². The molecule has 6 heteroatoms. The largest absolute Gasteiger partial charge is 0.547 e. The number of alkyl halides is 3. The van der Waals surface area contributed by atoms with Crippen LogP contribution in [0.1, 0.15) is 13.3 Å². The molecule has 0 aliphatic rings. The van der Waals surface area contributed by atoms with Crippen molar-refractivity contribution < 1.29 is 28.2 Å². The maximum absolute atomic E-state index is 11.7. The van der Waals surface area contributed by atoms with Gasteiger partial charge in [-0.05, 0) is 6.42 Å². The molecule has 11 heavy (non-hydrogen) atoms. The van der Waals surface area contributed by atoms with Gasteiger partial charge in [0.1, 0.15) is 0 Å². The molecule has 1 N–H and O–H groups in total. The van der Waals surface area contributed by atoms with Crippen LogP contribution < -0.4 is 5.11 Å². The molecule has 0 rings (SSSR count). The van der Waals surface area contributed by atoms with Crippen LogP contribution in [-0.2, 0) is 4.79 Å². The van der Waals surface area contributed by atoms with Crippen LogP contribution in [-0.4, -0.2) is 22.9 Å². The first-order chi connectivity index (χ1) is 4.75. The van der Waals surface area contributed by atoms with Gasteiger partial charge in [-0.15, -0.1) is 0 Å². The van der Waals surface area contributed by atoms with Crippen LogP contribution in [0.4, 0.5) is 13.2 Å². The van der Waals surface area contributed by atoms with Crippen molar-refractivity contribution in [3.63, 3.8) is 0 Å². The van der Waals surface area contributed by atoms with Gasteiger partial charge in [-0.3, -0.25) is 0 Å². The molecule has 0 bridgehead atoms. The molecule has 0 radical (unpaired) electrons. The molecule has 0 saturated heterocycles. The molecular formula is C5H6F3O3-. The van der Waals surface area contributed by atoms with Gasteiger partial charge in [0.2, 0.25) is 0 Å². The minimum atomic E-state index is -5.18. The Labute approximate surface area is 60.4 Å². The Kier molecular flexibility index (Phi) is 2.50. The van der Waals surface area contributed by atoms with Gasteiger partial charge in [0.25, 0.3) is 0 Å². The third kappa shape index (κ3) is 1.62. The Morgan fingerprint density at radius 1 is 1.55 bits per heavy atom. The van der Waals surface area contributed by atoms with Gasteiger partial charge < -0.3 is 15.0 Å². The zero-order valence-electron chi connectivity index (χ0n) is 5.60. The third-order valence-corrected chi connectivity index (χ3v) is 1.32. The summed E-state index contributed by atoms with van der Waals surface area (Å²) in [5.74, 6) is -2.52. The Bertz CT molecular complexity index is 165. The summed E-state index contributed by atoms with van der Waals surface area (Å²) in [4.78, 5) is 9.82. The summed E-state index contributed by atoms with van der Waals surface area (Å²) in [6.45, 7) is 0.906. The minimum absolute atomic E-state index is 0.906. The van der Waals surface area contributed by atoms with Crippen LogP contribution in [0.2, 0.25) is 0 Å². The van der Waals surface area contributed by atoms with Crippen LogP contribution in [0.3, 0.4) is 0 Å².